The highest BCUT2D eigenvalue weighted by Crippen LogP contribution is 2.35. The molecule has 1 aliphatic rings. The monoisotopic (exact) mass is 275 g/mol. The van der Waals surface area contributed by atoms with E-state index in [0.717, 1.165) is 17.7 Å². The summed E-state index contributed by atoms with van der Waals surface area (Å²) in [5.74, 6) is 0. The Morgan fingerprint density at radius 2 is 2.11 bits per heavy atom. The summed E-state index contributed by atoms with van der Waals surface area (Å²) in [6.07, 6.45) is 6.67. The number of benzene rings is 1. The van der Waals surface area contributed by atoms with Gasteiger partial charge in [-0.3, -0.25) is 0 Å². The van der Waals surface area contributed by atoms with Crippen LogP contribution in [0.25, 0.3) is 10.2 Å². The normalized spacial score (nSPS) is 16.9. The second-order valence-corrected chi connectivity index (χ2v) is 6.16. The molecule has 2 aromatic rings. The summed E-state index contributed by atoms with van der Waals surface area (Å²) in [6, 6.07) is 4.98. The Hall–Kier alpha value is -1.29. The van der Waals surface area contributed by atoms with Crippen molar-refractivity contribution < 1.29 is 0 Å². The smallest absolute Gasteiger partial charge is 0.106 e. The molecule has 3 nitrogen and oxygen atoms in total. The van der Waals surface area contributed by atoms with Gasteiger partial charge in [-0.2, -0.15) is 0 Å². The minimum absolute atomic E-state index is 0.650. The number of nitrogens with zero attached hydrogens (tertiary/aromatic N) is 2. The van der Waals surface area contributed by atoms with Gasteiger partial charge in [0.1, 0.15) is 5.52 Å². The lowest BCUT2D eigenvalue weighted by Gasteiger charge is -2.36. The third kappa shape index (κ3) is 2.29. The maximum atomic E-state index is 6.35. The van der Waals surface area contributed by atoms with Gasteiger partial charge >= 0.3 is 0 Å². The van der Waals surface area contributed by atoms with E-state index in [1.54, 1.807) is 11.3 Å². The van der Waals surface area contributed by atoms with Crippen LogP contribution in [0.15, 0.2) is 17.6 Å². The lowest BCUT2D eigenvalue weighted by molar-refractivity contribution is 0.418. The van der Waals surface area contributed by atoms with E-state index >= 15 is 0 Å². The van der Waals surface area contributed by atoms with Crippen molar-refractivity contribution in [2.75, 3.05) is 17.2 Å². The highest BCUT2D eigenvalue weighted by molar-refractivity contribution is 7.16. The van der Waals surface area contributed by atoms with Crippen LogP contribution >= 0.6 is 11.3 Å². The second-order valence-electron chi connectivity index (χ2n) is 5.28. The summed E-state index contributed by atoms with van der Waals surface area (Å²) in [5, 5.41) is 0. The van der Waals surface area contributed by atoms with Crippen molar-refractivity contribution in [2.24, 2.45) is 0 Å². The molecule has 1 heterocycles. The molecular formula is C15H21N3S. The van der Waals surface area contributed by atoms with E-state index < -0.39 is 0 Å². The lowest BCUT2D eigenvalue weighted by Crippen LogP contribution is -2.37. The van der Waals surface area contributed by atoms with Gasteiger partial charge in [-0.05, 0) is 31.9 Å². The van der Waals surface area contributed by atoms with Gasteiger partial charge in [0.15, 0.2) is 0 Å². The molecular weight excluding hydrogens is 254 g/mol. The first-order valence-electron chi connectivity index (χ1n) is 7.19. The maximum Gasteiger partial charge on any atom is 0.106 e. The van der Waals surface area contributed by atoms with Crippen molar-refractivity contribution in [3.05, 3.63) is 17.6 Å². The Kier molecular flexibility index (Phi) is 3.60. The first kappa shape index (κ1) is 12.7. The summed E-state index contributed by atoms with van der Waals surface area (Å²) < 4.78 is 1.18. The average molecular weight is 275 g/mol. The topological polar surface area (TPSA) is 42.2 Å². The van der Waals surface area contributed by atoms with E-state index in [2.05, 4.69) is 28.9 Å². The third-order valence-electron chi connectivity index (χ3n) is 4.18. The molecule has 3 rings (SSSR count). The first-order valence-corrected chi connectivity index (χ1v) is 8.07. The van der Waals surface area contributed by atoms with Crippen LogP contribution in [0.5, 0.6) is 0 Å². The van der Waals surface area contributed by atoms with Crippen LogP contribution < -0.4 is 10.6 Å². The third-order valence-corrected chi connectivity index (χ3v) is 4.98. The minimum atomic E-state index is 0.650. The van der Waals surface area contributed by atoms with E-state index in [1.165, 1.54) is 42.5 Å². The molecule has 1 aromatic heterocycles. The van der Waals surface area contributed by atoms with E-state index in [9.17, 15) is 0 Å². The predicted molar refractivity (Wildman–Crippen MR) is 83.9 cm³/mol. The van der Waals surface area contributed by atoms with Crippen molar-refractivity contribution in [3.8, 4) is 0 Å². The van der Waals surface area contributed by atoms with Crippen LogP contribution in [0, 0.1) is 0 Å². The Labute approximate surface area is 118 Å². The zero-order chi connectivity index (χ0) is 13.2. The van der Waals surface area contributed by atoms with Gasteiger partial charge < -0.3 is 10.6 Å². The Balaban J connectivity index is 1.97. The van der Waals surface area contributed by atoms with Gasteiger partial charge in [0.2, 0.25) is 0 Å². The predicted octanol–water partition coefficient (Wildman–Crippen LogP) is 4.04. The van der Waals surface area contributed by atoms with Crippen molar-refractivity contribution in [2.45, 2.75) is 45.1 Å². The Morgan fingerprint density at radius 1 is 1.32 bits per heavy atom. The molecule has 2 N–H and O–H groups in total. The Morgan fingerprint density at radius 3 is 2.84 bits per heavy atom. The second kappa shape index (κ2) is 5.37. The maximum absolute atomic E-state index is 6.35. The van der Waals surface area contributed by atoms with E-state index in [-0.39, 0.29) is 0 Å². The molecule has 0 aliphatic heterocycles. The fraction of sp³-hybridized carbons (Fsp3) is 0.533. The molecule has 1 fully saturated rings. The molecule has 0 saturated heterocycles. The highest BCUT2D eigenvalue weighted by Gasteiger charge is 2.22. The van der Waals surface area contributed by atoms with Crippen molar-refractivity contribution in [1.82, 2.24) is 4.98 Å². The molecule has 0 amide bonds. The van der Waals surface area contributed by atoms with Crippen LogP contribution in [0.1, 0.15) is 39.0 Å². The minimum Gasteiger partial charge on any atom is -0.395 e. The molecule has 1 aliphatic carbocycles. The molecule has 0 unspecified atom stereocenters. The largest absolute Gasteiger partial charge is 0.395 e. The van der Waals surface area contributed by atoms with Crippen molar-refractivity contribution in [1.29, 1.82) is 0 Å². The molecule has 1 saturated carbocycles. The summed E-state index contributed by atoms with van der Waals surface area (Å²) in [7, 11) is 0. The quantitative estimate of drug-likeness (QED) is 0.860. The number of nitrogen functional groups attached to an aromatic ring is 1. The standard InChI is InChI=1S/C15H21N3S/c1-2-18(11-6-4-3-5-7-11)12-8-9-13-15(14(12)16)17-10-19-13/h8-11H,2-7,16H2,1H3. The number of rotatable bonds is 3. The summed E-state index contributed by atoms with van der Waals surface area (Å²) in [5.41, 5.74) is 11.2. The van der Waals surface area contributed by atoms with Gasteiger partial charge in [0.25, 0.3) is 0 Å². The van der Waals surface area contributed by atoms with Gasteiger partial charge in [-0.15, -0.1) is 11.3 Å². The van der Waals surface area contributed by atoms with E-state index in [0.29, 0.717) is 6.04 Å². The molecule has 0 atom stereocenters. The van der Waals surface area contributed by atoms with Crippen LogP contribution in [0.4, 0.5) is 11.4 Å². The van der Waals surface area contributed by atoms with E-state index in [4.69, 9.17) is 5.73 Å². The highest BCUT2D eigenvalue weighted by atomic mass is 32.1. The number of hydrogen-bond donors (Lipinski definition) is 1. The number of hydrogen-bond acceptors (Lipinski definition) is 4. The molecule has 0 spiro atoms. The van der Waals surface area contributed by atoms with Gasteiger partial charge in [0, 0.05) is 12.6 Å². The van der Waals surface area contributed by atoms with Crippen molar-refractivity contribution >= 4 is 32.9 Å². The fourth-order valence-electron chi connectivity index (χ4n) is 3.21. The van der Waals surface area contributed by atoms with Crippen LogP contribution in [0.2, 0.25) is 0 Å². The summed E-state index contributed by atoms with van der Waals surface area (Å²) in [6.45, 7) is 3.24. The van der Waals surface area contributed by atoms with Gasteiger partial charge in [-0.1, -0.05) is 19.3 Å². The molecule has 19 heavy (non-hydrogen) atoms. The number of aromatic nitrogens is 1. The van der Waals surface area contributed by atoms with E-state index in [1.807, 2.05) is 5.51 Å². The van der Waals surface area contributed by atoms with Crippen LogP contribution in [-0.4, -0.2) is 17.6 Å². The summed E-state index contributed by atoms with van der Waals surface area (Å²) >= 11 is 1.66. The van der Waals surface area contributed by atoms with Gasteiger partial charge in [0.05, 0.1) is 21.6 Å². The first-order chi connectivity index (χ1) is 9.31. The van der Waals surface area contributed by atoms with Gasteiger partial charge in [-0.25, -0.2) is 4.98 Å². The van der Waals surface area contributed by atoms with Crippen LogP contribution in [-0.2, 0) is 0 Å². The number of fused-ring (bicyclic) bond motifs is 1. The van der Waals surface area contributed by atoms with Crippen LogP contribution in [0.3, 0.4) is 0 Å². The zero-order valence-corrected chi connectivity index (χ0v) is 12.2. The lowest BCUT2D eigenvalue weighted by atomic mass is 9.93. The number of anilines is 2. The molecule has 0 bridgehead atoms. The molecule has 1 aromatic carbocycles. The average Bonchev–Trinajstić information content (AvgIpc) is 2.93. The molecule has 0 radical (unpaired) electrons. The summed E-state index contributed by atoms with van der Waals surface area (Å²) in [4.78, 5) is 6.89. The van der Waals surface area contributed by atoms with Crippen molar-refractivity contribution in [3.63, 3.8) is 0 Å². The number of thiazole rings is 1. The molecule has 102 valence electrons. The fourth-order valence-corrected chi connectivity index (χ4v) is 3.90. The Bertz CT molecular complexity index is 558. The SMILES string of the molecule is CCN(c1ccc2scnc2c1N)C1CCCCC1. The molecule has 4 heteroatoms. The zero-order valence-electron chi connectivity index (χ0n) is 11.4. The number of nitrogens with two attached hydrogens (primary N) is 1.